The Balaban J connectivity index is 2.18. The fourth-order valence-corrected chi connectivity index (χ4v) is 2.46. The number of rotatable bonds is 2. The second kappa shape index (κ2) is 5.10. The van der Waals surface area contributed by atoms with Gasteiger partial charge in [0.2, 0.25) is 11.8 Å². The molecule has 18 heavy (non-hydrogen) atoms. The number of imide groups is 1. The van der Waals surface area contributed by atoms with Crippen molar-refractivity contribution in [3.8, 4) is 0 Å². The zero-order valence-electron chi connectivity index (χ0n) is 10.1. The highest BCUT2D eigenvalue weighted by molar-refractivity contribution is 9.10. The summed E-state index contributed by atoms with van der Waals surface area (Å²) in [5.74, 6) is -0.0781. The molecule has 1 aromatic carbocycles. The van der Waals surface area contributed by atoms with E-state index in [1.165, 1.54) is 4.90 Å². The highest BCUT2D eigenvalue weighted by atomic mass is 79.9. The van der Waals surface area contributed by atoms with E-state index in [2.05, 4.69) is 15.9 Å². The molecule has 96 valence electrons. The van der Waals surface area contributed by atoms with Crippen LogP contribution in [0.5, 0.6) is 0 Å². The standard InChI is InChI=1S/C13H15BrN2O2/c1-8-4-12(17)16(13(18)5-8)7-9-2-3-10(14)6-11(9)15/h2-3,6,8H,4-5,7,15H2,1H3. The minimum Gasteiger partial charge on any atom is -0.398 e. The van der Waals surface area contributed by atoms with Crippen molar-refractivity contribution in [1.82, 2.24) is 4.90 Å². The second-order valence-corrected chi connectivity index (χ2v) is 5.65. The highest BCUT2D eigenvalue weighted by Gasteiger charge is 2.30. The van der Waals surface area contributed by atoms with Crippen LogP contribution in [0.2, 0.25) is 0 Å². The molecule has 2 amide bonds. The van der Waals surface area contributed by atoms with Crippen LogP contribution in [0.3, 0.4) is 0 Å². The van der Waals surface area contributed by atoms with Crippen LogP contribution in [0.1, 0.15) is 25.3 Å². The van der Waals surface area contributed by atoms with E-state index >= 15 is 0 Å². The minimum atomic E-state index is -0.110. The lowest BCUT2D eigenvalue weighted by Gasteiger charge is -2.28. The smallest absolute Gasteiger partial charge is 0.229 e. The molecule has 5 heteroatoms. The zero-order chi connectivity index (χ0) is 13.3. The summed E-state index contributed by atoms with van der Waals surface area (Å²) in [5, 5.41) is 0. The third kappa shape index (κ3) is 2.72. The Labute approximate surface area is 114 Å². The molecule has 0 saturated carbocycles. The number of piperidine rings is 1. The molecular formula is C13H15BrN2O2. The third-order valence-electron chi connectivity index (χ3n) is 3.08. The van der Waals surface area contributed by atoms with Crippen molar-refractivity contribution in [3.05, 3.63) is 28.2 Å². The number of halogens is 1. The van der Waals surface area contributed by atoms with Crippen LogP contribution in [-0.2, 0) is 16.1 Å². The highest BCUT2D eigenvalue weighted by Crippen LogP contribution is 2.24. The molecule has 0 bridgehead atoms. The van der Waals surface area contributed by atoms with Gasteiger partial charge in [0.1, 0.15) is 0 Å². The molecule has 1 aliphatic heterocycles. The summed E-state index contributed by atoms with van der Waals surface area (Å²) in [7, 11) is 0. The Hall–Kier alpha value is -1.36. The molecule has 2 N–H and O–H groups in total. The van der Waals surface area contributed by atoms with E-state index < -0.39 is 0 Å². The Morgan fingerprint density at radius 1 is 1.33 bits per heavy atom. The quantitative estimate of drug-likeness (QED) is 0.673. The second-order valence-electron chi connectivity index (χ2n) is 4.73. The van der Waals surface area contributed by atoms with Gasteiger partial charge in [-0.15, -0.1) is 0 Å². The van der Waals surface area contributed by atoms with Gasteiger partial charge in [-0.2, -0.15) is 0 Å². The number of nitrogen functional groups attached to an aromatic ring is 1. The van der Waals surface area contributed by atoms with Crippen LogP contribution in [0, 0.1) is 5.92 Å². The number of benzene rings is 1. The number of nitrogens with zero attached hydrogens (tertiary/aromatic N) is 1. The Bertz CT molecular complexity index is 484. The van der Waals surface area contributed by atoms with E-state index in [4.69, 9.17) is 5.73 Å². The first-order chi connectivity index (χ1) is 8.47. The maximum atomic E-state index is 11.9. The summed E-state index contributed by atoms with van der Waals surface area (Å²) in [6.07, 6.45) is 0.865. The lowest BCUT2D eigenvalue weighted by Crippen LogP contribution is -2.42. The van der Waals surface area contributed by atoms with Crippen LogP contribution in [0.4, 0.5) is 5.69 Å². The van der Waals surface area contributed by atoms with Gasteiger partial charge in [-0.05, 0) is 23.6 Å². The molecule has 1 heterocycles. The van der Waals surface area contributed by atoms with Crippen LogP contribution in [0.25, 0.3) is 0 Å². The van der Waals surface area contributed by atoms with Gasteiger partial charge in [0.05, 0.1) is 6.54 Å². The zero-order valence-corrected chi connectivity index (χ0v) is 11.7. The fourth-order valence-electron chi connectivity index (χ4n) is 2.08. The molecule has 0 atom stereocenters. The molecule has 1 fully saturated rings. The lowest BCUT2D eigenvalue weighted by molar-refractivity contribution is -0.150. The van der Waals surface area contributed by atoms with Crippen LogP contribution >= 0.6 is 15.9 Å². The molecular weight excluding hydrogens is 296 g/mol. The normalized spacial score (nSPS) is 17.3. The van der Waals surface area contributed by atoms with Crippen molar-refractivity contribution < 1.29 is 9.59 Å². The van der Waals surface area contributed by atoms with Crippen molar-refractivity contribution in [2.24, 2.45) is 5.92 Å². The average molecular weight is 311 g/mol. The number of amides is 2. The van der Waals surface area contributed by atoms with Gasteiger partial charge in [-0.3, -0.25) is 14.5 Å². The minimum absolute atomic E-state index is 0.110. The van der Waals surface area contributed by atoms with Crippen molar-refractivity contribution in [2.75, 3.05) is 5.73 Å². The first-order valence-corrected chi connectivity index (χ1v) is 6.63. The first-order valence-electron chi connectivity index (χ1n) is 5.84. The summed E-state index contributed by atoms with van der Waals surface area (Å²) in [5.41, 5.74) is 7.26. The number of hydrogen-bond donors (Lipinski definition) is 1. The molecule has 1 aromatic rings. The molecule has 0 radical (unpaired) electrons. The van der Waals surface area contributed by atoms with E-state index in [-0.39, 0.29) is 24.3 Å². The molecule has 0 spiro atoms. The summed E-state index contributed by atoms with van der Waals surface area (Å²) < 4.78 is 0.883. The van der Waals surface area contributed by atoms with Crippen molar-refractivity contribution in [3.63, 3.8) is 0 Å². The first kappa shape index (κ1) is 13.1. The predicted octanol–water partition coefficient (Wildman–Crippen LogP) is 2.32. The maximum absolute atomic E-state index is 11.9. The van der Waals surface area contributed by atoms with Gasteiger partial charge in [0.15, 0.2) is 0 Å². The van der Waals surface area contributed by atoms with Crippen LogP contribution in [-0.4, -0.2) is 16.7 Å². The van der Waals surface area contributed by atoms with Gasteiger partial charge in [0, 0.05) is 23.0 Å². The topological polar surface area (TPSA) is 63.4 Å². The third-order valence-corrected chi connectivity index (χ3v) is 3.58. The van der Waals surface area contributed by atoms with Crippen molar-refractivity contribution >= 4 is 33.4 Å². The molecule has 0 aliphatic carbocycles. The van der Waals surface area contributed by atoms with Gasteiger partial charge >= 0.3 is 0 Å². The molecule has 2 rings (SSSR count). The fraction of sp³-hybridized carbons (Fsp3) is 0.385. The number of carbonyl (C=O) groups excluding carboxylic acids is 2. The van der Waals surface area contributed by atoms with Gasteiger partial charge in [-0.1, -0.05) is 28.9 Å². The van der Waals surface area contributed by atoms with E-state index in [1.807, 2.05) is 19.1 Å². The molecule has 0 aromatic heterocycles. The molecule has 0 unspecified atom stereocenters. The average Bonchev–Trinajstić information content (AvgIpc) is 2.25. The Kier molecular flexibility index (Phi) is 3.71. The Morgan fingerprint density at radius 3 is 2.50 bits per heavy atom. The van der Waals surface area contributed by atoms with Gasteiger partial charge in [0.25, 0.3) is 0 Å². The summed E-state index contributed by atoms with van der Waals surface area (Å²) >= 11 is 3.33. The monoisotopic (exact) mass is 310 g/mol. The largest absolute Gasteiger partial charge is 0.398 e. The number of likely N-dealkylation sites (tertiary alicyclic amines) is 1. The molecule has 4 nitrogen and oxygen atoms in total. The summed E-state index contributed by atoms with van der Waals surface area (Å²) in [6.45, 7) is 2.19. The summed E-state index contributed by atoms with van der Waals surface area (Å²) in [6, 6.07) is 5.46. The van der Waals surface area contributed by atoms with E-state index in [1.54, 1.807) is 6.07 Å². The maximum Gasteiger partial charge on any atom is 0.229 e. The SMILES string of the molecule is CC1CC(=O)N(Cc2ccc(Br)cc2N)C(=O)C1. The number of anilines is 1. The Morgan fingerprint density at radius 2 is 1.94 bits per heavy atom. The summed E-state index contributed by atoms with van der Waals surface area (Å²) in [4.78, 5) is 25.0. The molecule has 1 aliphatic rings. The van der Waals surface area contributed by atoms with Crippen molar-refractivity contribution in [1.29, 1.82) is 0 Å². The van der Waals surface area contributed by atoms with Gasteiger partial charge in [-0.25, -0.2) is 0 Å². The van der Waals surface area contributed by atoms with Crippen LogP contribution < -0.4 is 5.73 Å². The lowest BCUT2D eigenvalue weighted by atomic mass is 9.97. The number of hydrogen-bond acceptors (Lipinski definition) is 3. The van der Waals surface area contributed by atoms with Crippen LogP contribution in [0.15, 0.2) is 22.7 Å². The number of nitrogens with two attached hydrogens (primary N) is 1. The van der Waals surface area contributed by atoms with E-state index in [0.29, 0.717) is 18.5 Å². The van der Waals surface area contributed by atoms with E-state index in [9.17, 15) is 9.59 Å². The van der Waals surface area contributed by atoms with E-state index in [0.717, 1.165) is 10.0 Å². The van der Waals surface area contributed by atoms with Gasteiger partial charge < -0.3 is 5.73 Å². The molecule has 1 saturated heterocycles. The van der Waals surface area contributed by atoms with Crippen molar-refractivity contribution in [2.45, 2.75) is 26.3 Å². The predicted molar refractivity (Wildman–Crippen MR) is 72.5 cm³/mol. The number of carbonyl (C=O) groups is 2.